The third-order valence-electron chi connectivity index (χ3n) is 5.50. The minimum atomic E-state index is -0.449. The Labute approximate surface area is 147 Å². The second kappa shape index (κ2) is 6.98. The summed E-state index contributed by atoms with van der Waals surface area (Å²) in [6, 6.07) is 6.20. The van der Waals surface area contributed by atoms with Gasteiger partial charge in [-0.2, -0.15) is 0 Å². The predicted molar refractivity (Wildman–Crippen MR) is 92.0 cm³/mol. The smallest absolute Gasteiger partial charge is 0.256 e. The monoisotopic (exact) mass is 342 g/mol. The van der Waals surface area contributed by atoms with Crippen LogP contribution in [-0.2, 0) is 12.8 Å². The maximum Gasteiger partial charge on any atom is 0.256 e. The molecule has 2 aromatic rings. The van der Waals surface area contributed by atoms with E-state index >= 15 is 0 Å². The number of nitrogens with zero attached hydrogens (tertiary/aromatic N) is 2. The number of carbonyl (C=O) groups is 1. The fourth-order valence-electron chi connectivity index (χ4n) is 4.06. The van der Waals surface area contributed by atoms with E-state index in [2.05, 4.69) is 5.16 Å². The minimum Gasteiger partial charge on any atom is -0.361 e. The van der Waals surface area contributed by atoms with E-state index in [-0.39, 0.29) is 11.5 Å². The SMILES string of the molecule is O=C(c1ccccc1F)N1CCC(c2onc3c2CCCCC3)CC1. The van der Waals surface area contributed by atoms with Crippen molar-refractivity contribution in [3.05, 3.63) is 52.7 Å². The Balaban J connectivity index is 1.45. The maximum absolute atomic E-state index is 13.9. The predicted octanol–water partition coefficient (Wildman–Crippen LogP) is 4.10. The number of hydrogen-bond acceptors (Lipinski definition) is 3. The van der Waals surface area contributed by atoms with Gasteiger partial charge in [-0.3, -0.25) is 4.79 Å². The van der Waals surface area contributed by atoms with E-state index in [0.29, 0.717) is 19.0 Å². The topological polar surface area (TPSA) is 46.3 Å². The molecule has 0 unspecified atom stereocenters. The van der Waals surface area contributed by atoms with Crippen LogP contribution in [0.5, 0.6) is 0 Å². The van der Waals surface area contributed by atoms with Gasteiger partial charge < -0.3 is 9.42 Å². The summed E-state index contributed by atoms with van der Waals surface area (Å²) in [7, 11) is 0. The molecule has 132 valence electrons. The second-order valence-corrected chi connectivity index (χ2v) is 7.08. The summed E-state index contributed by atoms with van der Waals surface area (Å²) in [5.41, 5.74) is 2.61. The van der Waals surface area contributed by atoms with Gasteiger partial charge in [-0.25, -0.2) is 4.39 Å². The van der Waals surface area contributed by atoms with Crippen molar-refractivity contribution < 1.29 is 13.7 Å². The molecule has 1 aromatic heterocycles. The van der Waals surface area contributed by atoms with Crippen molar-refractivity contribution >= 4 is 5.91 Å². The van der Waals surface area contributed by atoms with Gasteiger partial charge in [0.2, 0.25) is 0 Å². The van der Waals surface area contributed by atoms with Crippen LogP contribution in [0.15, 0.2) is 28.8 Å². The van der Waals surface area contributed by atoms with Gasteiger partial charge in [0.25, 0.3) is 5.91 Å². The molecule has 0 bridgehead atoms. The number of carbonyl (C=O) groups excluding carboxylic acids is 1. The number of benzene rings is 1. The van der Waals surface area contributed by atoms with Crippen molar-refractivity contribution in [1.82, 2.24) is 10.1 Å². The highest BCUT2D eigenvalue weighted by molar-refractivity contribution is 5.94. The first-order valence-corrected chi connectivity index (χ1v) is 9.25. The number of rotatable bonds is 2. The summed E-state index contributed by atoms with van der Waals surface area (Å²) < 4.78 is 19.5. The molecule has 4 rings (SSSR count). The first-order valence-electron chi connectivity index (χ1n) is 9.25. The molecule has 0 N–H and O–H groups in total. The van der Waals surface area contributed by atoms with Crippen LogP contribution in [0.4, 0.5) is 4.39 Å². The van der Waals surface area contributed by atoms with Crippen molar-refractivity contribution in [3.63, 3.8) is 0 Å². The number of hydrogen-bond donors (Lipinski definition) is 0. The number of fused-ring (bicyclic) bond motifs is 1. The van der Waals surface area contributed by atoms with Crippen LogP contribution in [0.25, 0.3) is 0 Å². The molecule has 5 heteroatoms. The second-order valence-electron chi connectivity index (χ2n) is 7.08. The number of piperidine rings is 1. The molecule has 1 saturated heterocycles. The van der Waals surface area contributed by atoms with Crippen LogP contribution in [0.1, 0.15) is 65.4 Å². The molecule has 0 spiro atoms. The molecule has 0 atom stereocenters. The van der Waals surface area contributed by atoms with Gasteiger partial charge in [-0.05, 0) is 50.7 Å². The van der Waals surface area contributed by atoms with Crippen LogP contribution in [0.2, 0.25) is 0 Å². The Morgan fingerprint density at radius 1 is 1.12 bits per heavy atom. The number of aromatic nitrogens is 1. The molecule has 4 nitrogen and oxygen atoms in total. The van der Waals surface area contributed by atoms with Crippen molar-refractivity contribution in [2.45, 2.75) is 50.9 Å². The molecule has 1 amide bonds. The molecular formula is C20H23FN2O2. The Bertz CT molecular complexity index is 763. The zero-order valence-corrected chi connectivity index (χ0v) is 14.3. The first-order chi connectivity index (χ1) is 12.2. The number of halogens is 1. The number of aryl methyl sites for hydroxylation is 1. The quantitative estimate of drug-likeness (QED) is 0.772. The Hall–Kier alpha value is -2.17. The third kappa shape index (κ3) is 3.20. The van der Waals surface area contributed by atoms with Crippen LogP contribution < -0.4 is 0 Å². The Morgan fingerprint density at radius 3 is 2.68 bits per heavy atom. The standard InChI is InChI=1S/C20H23FN2O2/c21-17-8-5-4-6-15(17)20(24)23-12-10-14(11-13-23)19-16-7-2-1-3-9-18(16)22-25-19/h4-6,8,14H,1-3,7,9-13H2. The molecule has 1 fully saturated rings. The van der Waals surface area contributed by atoms with Crippen LogP contribution in [0.3, 0.4) is 0 Å². The molecule has 1 aliphatic carbocycles. The first kappa shape index (κ1) is 16.3. The highest BCUT2D eigenvalue weighted by Gasteiger charge is 2.30. The Morgan fingerprint density at radius 2 is 1.88 bits per heavy atom. The zero-order chi connectivity index (χ0) is 17.2. The lowest BCUT2D eigenvalue weighted by Crippen LogP contribution is -2.38. The molecule has 25 heavy (non-hydrogen) atoms. The highest BCUT2D eigenvalue weighted by Crippen LogP contribution is 2.34. The van der Waals surface area contributed by atoms with Crippen molar-refractivity contribution in [3.8, 4) is 0 Å². The summed E-state index contributed by atoms with van der Waals surface area (Å²) in [5.74, 6) is 0.692. The van der Waals surface area contributed by atoms with E-state index in [9.17, 15) is 9.18 Å². The van der Waals surface area contributed by atoms with Crippen LogP contribution in [-0.4, -0.2) is 29.1 Å². The van der Waals surface area contributed by atoms with E-state index in [1.165, 1.54) is 30.9 Å². The zero-order valence-electron chi connectivity index (χ0n) is 14.3. The van der Waals surface area contributed by atoms with Gasteiger partial charge in [0.1, 0.15) is 11.6 Å². The fourth-order valence-corrected chi connectivity index (χ4v) is 4.06. The van der Waals surface area contributed by atoms with Gasteiger partial charge in [0.05, 0.1) is 11.3 Å². The van der Waals surface area contributed by atoms with E-state index < -0.39 is 5.82 Å². The number of amides is 1. The molecule has 0 saturated carbocycles. The highest BCUT2D eigenvalue weighted by atomic mass is 19.1. The van der Waals surface area contributed by atoms with Crippen molar-refractivity contribution in [2.24, 2.45) is 0 Å². The largest absolute Gasteiger partial charge is 0.361 e. The lowest BCUT2D eigenvalue weighted by atomic mass is 9.90. The summed E-state index contributed by atoms with van der Waals surface area (Å²) in [4.78, 5) is 14.3. The summed E-state index contributed by atoms with van der Waals surface area (Å²) in [6.07, 6.45) is 7.42. The maximum atomic E-state index is 13.9. The Kier molecular flexibility index (Phi) is 4.55. The molecule has 0 radical (unpaired) electrons. The summed E-state index contributed by atoms with van der Waals surface area (Å²) in [6.45, 7) is 1.26. The van der Waals surface area contributed by atoms with Crippen LogP contribution in [0, 0.1) is 5.82 Å². The average Bonchev–Trinajstić information content (AvgIpc) is 2.90. The normalized spacial score (nSPS) is 18.7. The van der Waals surface area contributed by atoms with Gasteiger partial charge in [0.15, 0.2) is 0 Å². The molecule has 2 aliphatic rings. The van der Waals surface area contributed by atoms with Crippen molar-refractivity contribution in [2.75, 3.05) is 13.1 Å². The van der Waals surface area contributed by atoms with E-state index in [1.807, 2.05) is 0 Å². The lowest BCUT2D eigenvalue weighted by molar-refractivity contribution is 0.0701. The minimum absolute atomic E-state index is 0.162. The molecule has 1 aromatic carbocycles. The fraction of sp³-hybridized carbons (Fsp3) is 0.500. The van der Waals surface area contributed by atoms with E-state index in [1.54, 1.807) is 23.1 Å². The van der Waals surface area contributed by atoms with E-state index in [0.717, 1.165) is 37.1 Å². The molecule has 2 heterocycles. The van der Waals surface area contributed by atoms with E-state index in [4.69, 9.17) is 4.52 Å². The summed E-state index contributed by atoms with van der Waals surface area (Å²) >= 11 is 0. The van der Waals surface area contributed by atoms with Crippen molar-refractivity contribution in [1.29, 1.82) is 0 Å². The summed E-state index contributed by atoms with van der Waals surface area (Å²) in [5, 5.41) is 4.30. The molecule has 1 aliphatic heterocycles. The third-order valence-corrected chi connectivity index (χ3v) is 5.50. The van der Waals surface area contributed by atoms with Gasteiger partial charge >= 0.3 is 0 Å². The molecular weight excluding hydrogens is 319 g/mol. The van der Waals surface area contributed by atoms with Gasteiger partial charge in [0, 0.05) is 24.6 Å². The van der Waals surface area contributed by atoms with Gasteiger partial charge in [-0.15, -0.1) is 0 Å². The lowest BCUT2D eigenvalue weighted by Gasteiger charge is -2.31. The van der Waals surface area contributed by atoms with Gasteiger partial charge in [-0.1, -0.05) is 23.7 Å². The number of likely N-dealkylation sites (tertiary alicyclic amines) is 1. The average molecular weight is 342 g/mol. The van der Waals surface area contributed by atoms with Crippen LogP contribution >= 0.6 is 0 Å².